The van der Waals surface area contributed by atoms with Crippen LogP contribution >= 0.6 is 0 Å². The number of azo groups is 1. The van der Waals surface area contributed by atoms with Crippen molar-refractivity contribution in [1.29, 1.82) is 0 Å². The molecule has 0 saturated heterocycles. The molecule has 0 rings (SSSR count). The maximum Gasteiger partial charge on any atom is 0.122 e. The van der Waals surface area contributed by atoms with Crippen LogP contribution in [-0.2, 0) is 39.1 Å². The lowest BCUT2D eigenvalue weighted by Crippen LogP contribution is -2.40. The Morgan fingerprint density at radius 3 is 0.786 bits per heavy atom. The highest BCUT2D eigenvalue weighted by molar-refractivity contribution is 4.84. The normalized spacial score (nSPS) is 17.5. The lowest BCUT2D eigenvalue weighted by molar-refractivity contribution is -0.411. The van der Waals surface area contributed by atoms with Gasteiger partial charge < -0.3 is 0 Å². The maximum absolute atomic E-state index is 5.97. The van der Waals surface area contributed by atoms with E-state index in [-0.39, 0.29) is 13.1 Å². The van der Waals surface area contributed by atoms with E-state index >= 15 is 0 Å². The van der Waals surface area contributed by atoms with Gasteiger partial charge in [0.15, 0.2) is 0 Å². The van der Waals surface area contributed by atoms with E-state index in [1.165, 1.54) is 0 Å². The third-order valence-electron chi connectivity index (χ3n) is 5.44. The highest BCUT2D eigenvalue weighted by Crippen LogP contribution is 2.31. The van der Waals surface area contributed by atoms with E-state index in [0.717, 1.165) is 0 Å². The number of nitrogens with zero attached hydrogens (tertiary/aromatic N) is 2. The Kier molecular flexibility index (Phi) is 15.3. The molecule has 0 aromatic heterocycles. The summed E-state index contributed by atoms with van der Waals surface area (Å²) in [5.41, 5.74) is -4.38. The van der Waals surface area contributed by atoms with Crippen molar-refractivity contribution < 1.29 is 39.1 Å². The van der Waals surface area contributed by atoms with Gasteiger partial charge in [-0.15, -0.1) is 0 Å². The van der Waals surface area contributed by atoms with Crippen molar-refractivity contribution in [3.8, 4) is 0 Å². The Labute approximate surface area is 257 Å². The summed E-state index contributed by atoms with van der Waals surface area (Å²) in [5, 5.41) is 9.06. The smallest absolute Gasteiger partial charge is 0.122 e. The van der Waals surface area contributed by atoms with Gasteiger partial charge in [-0.2, -0.15) is 10.2 Å². The Bertz CT molecular complexity index is 737. The molecule has 0 fully saturated rings. The molecule has 10 heteroatoms. The standard InChI is InChI=1S/C32H66N2O8/c1-25(2,3)35-39-29(13,14)19-21-31(17,41-37-27(7,8)9)23-33-34-24-32(18,42-38-28(10,11)12)22-20-30(15,16)40-36-26(4,5)6/h19-24H2,1-18H3. The van der Waals surface area contributed by atoms with E-state index in [1.54, 1.807) is 0 Å². The Morgan fingerprint density at radius 1 is 0.310 bits per heavy atom. The Morgan fingerprint density at radius 2 is 0.548 bits per heavy atom. The summed E-state index contributed by atoms with van der Waals surface area (Å²) < 4.78 is 0. The van der Waals surface area contributed by atoms with Gasteiger partial charge in [0.25, 0.3) is 0 Å². The molecule has 0 bridgehead atoms. The summed E-state index contributed by atoms with van der Waals surface area (Å²) in [4.78, 5) is 46.0. The molecule has 0 N–H and O–H groups in total. The molecule has 0 aromatic rings. The van der Waals surface area contributed by atoms with Crippen LogP contribution in [0.2, 0.25) is 0 Å². The topological polar surface area (TPSA) is 98.6 Å². The molecule has 0 aromatic carbocycles. The first-order valence-electron chi connectivity index (χ1n) is 15.3. The summed E-state index contributed by atoms with van der Waals surface area (Å²) >= 11 is 0. The first-order chi connectivity index (χ1) is 18.4. The molecule has 0 aliphatic rings. The molecule has 42 heavy (non-hydrogen) atoms. The van der Waals surface area contributed by atoms with E-state index < -0.39 is 44.8 Å². The second-order valence-corrected chi connectivity index (χ2v) is 17.1. The molecule has 0 heterocycles. The lowest BCUT2D eigenvalue weighted by Gasteiger charge is -2.34. The summed E-state index contributed by atoms with van der Waals surface area (Å²) in [6, 6.07) is 0. The molecule has 0 aliphatic heterocycles. The van der Waals surface area contributed by atoms with Crippen molar-refractivity contribution in [2.24, 2.45) is 10.2 Å². The third-order valence-corrected chi connectivity index (χ3v) is 5.44. The molecule has 2 atom stereocenters. The molecule has 0 aliphatic carbocycles. The Hall–Kier alpha value is -0.720. The third kappa shape index (κ3) is 22.8. The zero-order valence-corrected chi connectivity index (χ0v) is 30.4. The van der Waals surface area contributed by atoms with Crippen LogP contribution in [0.1, 0.15) is 150 Å². The largest absolute Gasteiger partial charge is 0.230 e. The van der Waals surface area contributed by atoms with Gasteiger partial charge in [0.2, 0.25) is 0 Å². The van der Waals surface area contributed by atoms with Crippen molar-refractivity contribution in [2.75, 3.05) is 13.1 Å². The molecule has 0 spiro atoms. The first kappa shape index (κ1) is 41.3. The fraction of sp³-hybridized carbons (Fsp3) is 1.00. The molecular formula is C32H66N2O8. The predicted octanol–water partition coefficient (Wildman–Crippen LogP) is 9.06. The summed E-state index contributed by atoms with van der Waals surface area (Å²) in [5.74, 6) is 0. The zero-order chi connectivity index (χ0) is 33.3. The molecular weight excluding hydrogens is 540 g/mol. The van der Waals surface area contributed by atoms with Gasteiger partial charge in [-0.1, -0.05) is 0 Å². The van der Waals surface area contributed by atoms with Crippen LogP contribution in [0.25, 0.3) is 0 Å². The predicted molar refractivity (Wildman–Crippen MR) is 166 cm³/mol. The first-order valence-corrected chi connectivity index (χ1v) is 15.3. The summed E-state index contributed by atoms with van der Waals surface area (Å²) in [6.45, 7) is 35.8. The van der Waals surface area contributed by atoms with Crippen molar-refractivity contribution in [3.05, 3.63) is 0 Å². The van der Waals surface area contributed by atoms with Gasteiger partial charge >= 0.3 is 0 Å². The molecule has 252 valence electrons. The zero-order valence-electron chi connectivity index (χ0n) is 30.4. The summed E-state index contributed by atoms with van der Waals surface area (Å²) in [6.07, 6.45) is 2.49. The van der Waals surface area contributed by atoms with Crippen molar-refractivity contribution in [3.63, 3.8) is 0 Å². The monoisotopic (exact) mass is 606 g/mol. The fourth-order valence-electron chi connectivity index (χ4n) is 2.83. The van der Waals surface area contributed by atoms with Crippen LogP contribution in [0.4, 0.5) is 0 Å². The summed E-state index contributed by atoms with van der Waals surface area (Å²) in [7, 11) is 0. The average Bonchev–Trinajstić information content (AvgIpc) is 2.78. The van der Waals surface area contributed by atoms with Gasteiger partial charge in [0.05, 0.1) is 46.7 Å². The van der Waals surface area contributed by atoms with Gasteiger partial charge in [-0.3, -0.25) is 0 Å². The van der Waals surface area contributed by atoms with E-state index in [4.69, 9.17) is 39.1 Å². The Balaban J connectivity index is 5.58. The van der Waals surface area contributed by atoms with Crippen LogP contribution in [0.15, 0.2) is 10.2 Å². The molecule has 2 unspecified atom stereocenters. The number of hydrogen-bond donors (Lipinski definition) is 0. The highest BCUT2D eigenvalue weighted by Gasteiger charge is 2.36. The minimum absolute atomic E-state index is 0.281. The van der Waals surface area contributed by atoms with Crippen LogP contribution in [0, 0.1) is 0 Å². The molecule has 10 nitrogen and oxygen atoms in total. The van der Waals surface area contributed by atoms with Crippen LogP contribution in [0.5, 0.6) is 0 Å². The van der Waals surface area contributed by atoms with Crippen LogP contribution < -0.4 is 0 Å². The second-order valence-electron chi connectivity index (χ2n) is 17.1. The van der Waals surface area contributed by atoms with Gasteiger partial charge in [0, 0.05) is 0 Å². The van der Waals surface area contributed by atoms with Crippen molar-refractivity contribution in [2.45, 2.75) is 195 Å². The average molecular weight is 607 g/mol. The lowest BCUT2D eigenvalue weighted by atomic mass is 9.92. The van der Waals surface area contributed by atoms with Crippen molar-refractivity contribution in [1.82, 2.24) is 0 Å². The molecule has 0 saturated carbocycles. The quantitative estimate of drug-likeness (QED) is 0.0865. The van der Waals surface area contributed by atoms with E-state index in [9.17, 15) is 0 Å². The van der Waals surface area contributed by atoms with E-state index in [2.05, 4.69) is 10.2 Å². The maximum atomic E-state index is 5.97. The SMILES string of the molecule is CC(C)(C)OOC(C)(C)CCC(C)(CN=NCC(C)(CCC(C)(C)OOC(C)(C)C)OOC(C)(C)C)OOC(C)(C)C. The number of hydrogen-bond acceptors (Lipinski definition) is 10. The number of rotatable bonds is 18. The minimum atomic E-state index is -0.752. The van der Waals surface area contributed by atoms with E-state index in [0.29, 0.717) is 25.7 Å². The molecule has 0 radical (unpaired) electrons. The highest BCUT2D eigenvalue weighted by atomic mass is 17.2. The van der Waals surface area contributed by atoms with Crippen LogP contribution in [0.3, 0.4) is 0 Å². The van der Waals surface area contributed by atoms with E-state index in [1.807, 2.05) is 125 Å². The molecule has 0 amide bonds. The fourth-order valence-corrected chi connectivity index (χ4v) is 2.83. The van der Waals surface area contributed by atoms with Gasteiger partial charge in [0.1, 0.15) is 11.2 Å². The second kappa shape index (κ2) is 15.5. The minimum Gasteiger partial charge on any atom is -0.230 e. The van der Waals surface area contributed by atoms with Crippen molar-refractivity contribution >= 4 is 0 Å². The van der Waals surface area contributed by atoms with Gasteiger partial charge in [-0.05, 0) is 150 Å². The van der Waals surface area contributed by atoms with Gasteiger partial charge in [-0.25, -0.2) is 39.1 Å². The van der Waals surface area contributed by atoms with Crippen LogP contribution in [-0.4, -0.2) is 57.9 Å².